The third-order valence-corrected chi connectivity index (χ3v) is 7.18. The number of carboxylic acids is 1. The van der Waals surface area contributed by atoms with Crippen LogP contribution in [0.5, 0.6) is 0 Å². The molecule has 1 saturated carbocycles. The molecule has 0 saturated heterocycles. The summed E-state index contributed by atoms with van der Waals surface area (Å²) in [6.45, 7) is 7.14. The van der Waals surface area contributed by atoms with E-state index in [1.54, 1.807) is 0 Å². The molecule has 0 aromatic heterocycles. The Balaban J connectivity index is 1.87. The Morgan fingerprint density at radius 2 is 2.08 bits per heavy atom. The molecular formula is C20H28O4. The van der Waals surface area contributed by atoms with E-state index in [4.69, 9.17) is 4.74 Å². The van der Waals surface area contributed by atoms with Crippen LogP contribution >= 0.6 is 0 Å². The Morgan fingerprint density at radius 1 is 1.33 bits per heavy atom. The number of hydrogen-bond acceptors (Lipinski definition) is 3. The molecule has 1 heterocycles. The molecule has 0 spiro atoms. The lowest BCUT2D eigenvalue weighted by Gasteiger charge is -2.57. The standard InChI is InChI=1S/C20H28O4/c1-13-7-10-20(3)15(17(21)22)5-4-6-16(20)19(13,2)11-8-14-9-12-24-18(14)23/h5,9,13,16H,4,6-8,10-12H2,1-3H3,(H,21,22)/t13-,16-,19+,20+/m1/s1. The van der Waals surface area contributed by atoms with Gasteiger partial charge in [0, 0.05) is 16.6 Å². The summed E-state index contributed by atoms with van der Waals surface area (Å²) in [5.41, 5.74) is 1.19. The molecule has 4 nitrogen and oxygen atoms in total. The van der Waals surface area contributed by atoms with Crippen LogP contribution in [-0.4, -0.2) is 23.7 Å². The molecule has 1 aliphatic heterocycles. The molecule has 4 atom stereocenters. The van der Waals surface area contributed by atoms with Crippen LogP contribution in [0.3, 0.4) is 0 Å². The van der Waals surface area contributed by atoms with E-state index < -0.39 is 5.97 Å². The topological polar surface area (TPSA) is 63.6 Å². The van der Waals surface area contributed by atoms with Crippen LogP contribution in [0.15, 0.2) is 23.3 Å². The molecule has 1 N–H and O–H groups in total. The van der Waals surface area contributed by atoms with Crippen LogP contribution in [0.1, 0.15) is 59.3 Å². The van der Waals surface area contributed by atoms with Gasteiger partial charge in [0.2, 0.25) is 0 Å². The van der Waals surface area contributed by atoms with Crippen LogP contribution in [0.2, 0.25) is 0 Å². The maximum Gasteiger partial charge on any atom is 0.334 e. The zero-order valence-electron chi connectivity index (χ0n) is 14.9. The SMILES string of the molecule is C[C@@H]1CC[C@@]2(C)C(C(=O)O)=CCC[C@@H]2[C@@]1(C)CCC1=CCOC1=O. The summed E-state index contributed by atoms with van der Waals surface area (Å²) in [6.07, 6.45) is 9.34. The van der Waals surface area contributed by atoms with Crippen LogP contribution in [0.4, 0.5) is 0 Å². The Bertz CT molecular complexity index is 617. The van der Waals surface area contributed by atoms with Gasteiger partial charge < -0.3 is 9.84 Å². The minimum absolute atomic E-state index is 0.0473. The summed E-state index contributed by atoms with van der Waals surface area (Å²) in [5.74, 6) is -0.0645. The first-order valence-corrected chi connectivity index (χ1v) is 9.09. The molecule has 4 heteroatoms. The molecule has 0 aromatic rings. The second-order valence-corrected chi connectivity index (χ2v) is 8.24. The second kappa shape index (κ2) is 6.05. The Labute approximate surface area is 144 Å². The van der Waals surface area contributed by atoms with Crippen molar-refractivity contribution in [1.82, 2.24) is 0 Å². The fraction of sp³-hybridized carbons (Fsp3) is 0.700. The molecule has 132 valence electrons. The number of rotatable bonds is 4. The molecule has 3 aliphatic rings. The summed E-state index contributed by atoms with van der Waals surface area (Å²) in [7, 11) is 0. The number of aliphatic carboxylic acids is 1. The Hall–Kier alpha value is -1.58. The van der Waals surface area contributed by atoms with Crippen LogP contribution in [0.25, 0.3) is 0 Å². The van der Waals surface area contributed by atoms with Gasteiger partial charge >= 0.3 is 11.9 Å². The fourth-order valence-corrected chi connectivity index (χ4v) is 5.44. The molecule has 24 heavy (non-hydrogen) atoms. The molecule has 0 radical (unpaired) electrons. The number of carboxylic acid groups (broad SMARTS) is 1. The van der Waals surface area contributed by atoms with Gasteiger partial charge in [0.15, 0.2) is 0 Å². The van der Waals surface area contributed by atoms with Crippen molar-refractivity contribution in [3.05, 3.63) is 23.3 Å². The van der Waals surface area contributed by atoms with Gasteiger partial charge in [0.05, 0.1) is 0 Å². The minimum Gasteiger partial charge on any atom is -0.478 e. The summed E-state index contributed by atoms with van der Waals surface area (Å²) >= 11 is 0. The van der Waals surface area contributed by atoms with Crippen molar-refractivity contribution in [3.63, 3.8) is 0 Å². The van der Waals surface area contributed by atoms with E-state index >= 15 is 0 Å². The van der Waals surface area contributed by atoms with Crippen molar-refractivity contribution in [2.45, 2.75) is 59.3 Å². The number of fused-ring (bicyclic) bond motifs is 1. The minimum atomic E-state index is -0.763. The van der Waals surface area contributed by atoms with Gasteiger partial charge in [-0.2, -0.15) is 0 Å². The van der Waals surface area contributed by atoms with Gasteiger partial charge in [-0.1, -0.05) is 26.8 Å². The van der Waals surface area contributed by atoms with E-state index in [1.807, 2.05) is 12.2 Å². The number of allylic oxidation sites excluding steroid dienone is 1. The maximum absolute atomic E-state index is 11.8. The number of cyclic esters (lactones) is 1. The molecule has 0 aromatic carbocycles. The summed E-state index contributed by atoms with van der Waals surface area (Å²) < 4.78 is 5.02. The third kappa shape index (κ3) is 2.60. The number of esters is 1. The normalized spacial score (nSPS) is 38.9. The second-order valence-electron chi connectivity index (χ2n) is 8.24. The zero-order chi connectivity index (χ0) is 17.5. The number of ether oxygens (including phenoxy) is 1. The van der Waals surface area contributed by atoms with Crippen molar-refractivity contribution in [3.8, 4) is 0 Å². The fourth-order valence-electron chi connectivity index (χ4n) is 5.44. The number of carbonyl (C=O) groups is 2. The van der Waals surface area contributed by atoms with Gasteiger partial charge in [-0.15, -0.1) is 0 Å². The largest absolute Gasteiger partial charge is 0.478 e. The smallest absolute Gasteiger partial charge is 0.334 e. The van der Waals surface area contributed by atoms with E-state index in [9.17, 15) is 14.7 Å². The summed E-state index contributed by atoms with van der Waals surface area (Å²) in [5, 5.41) is 9.68. The predicted molar refractivity (Wildman–Crippen MR) is 91.3 cm³/mol. The Kier molecular flexibility index (Phi) is 4.35. The van der Waals surface area contributed by atoms with Crippen molar-refractivity contribution >= 4 is 11.9 Å². The molecule has 3 rings (SSSR count). The molecule has 0 bridgehead atoms. The van der Waals surface area contributed by atoms with Crippen LogP contribution < -0.4 is 0 Å². The molecule has 2 aliphatic carbocycles. The highest BCUT2D eigenvalue weighted by Gasteiger charge is 2.55. The highest BCUT2D eigenvalue weighted by atomic mass is 16.5. The van der Waals surface area contributed by atoms with E-state index in [-0.39, 0.29) is 16.8 Å². The van der Waals surface area contributed by atoms with Gasteiger partial charge in [-0.25, -0.2) is 9.59 Å². The Morgan fingerprint density at radius 3 is 2.71 bits per heavy atom. The molecule has 1 fully saturated rings. The average molecular weight is 332 g/mol. The van der Waals surface area contributed by atoms with Gasteiger partial charge in [0.1, 0.15) is 6.61 Å². The molecule has 0 unspecified atom stereocenters. The van der Waals surface area contributed by atoms with Crippen molar-refractivity contribution in [2.24, 2.45) is 22.7 Å². The van der Waals surface area contributed by atoms with Crippen LogP contribution in [-0.2, 0) is 14.3 Å². The van der Waals surface area contributed by atoms with E-state index in [0.29, 0.717) is 24.0 Å². The van der Waals surface area contributed by atoms with Gasteiger partial charge in [-0.3, -0.25) is 0 Å². The summed E-state index contributed by atoms with van der Waals surface area (Å²) in [4.78, 5) is 23.5. The van der Waals surface area contributed by atoms with Crippen LogP contribution in [0, 0.1) is 22.7 Å². The van der Waals surface area contributed by atoms with Crippen molar-refractivity contribution in [1.29, 1.82) is 0 Å². The summed E-state index contributed by atoms with van der Waals surface area (Å²) in [6, 6.07) is 0. The average Bonchev–Trinajstić information content (AvgIpc) is 2.94. The maximum atomic E-state index is 11.8. The third-order valence-electron chi connectivity index (χ3n) is 7.18. The zero-order valence-corrected chi connectivity index (χ0v) is 14.9. The number of carbonyl (C=O) groups excluding carboxylic acids is 1. The lowest BCUT2D eigenvalue weighted by molar-refractivity contribution is -0.137. The van der Waals surface area contributed by atoms with Gasteiger partial charge in [-0.05, 0) is 61.9 Å². The monoisotopic (exact) mass is 332 g/mol. The highest BCUT2D eigenvalue weighted by Crippen LogP contribution is 2.62. The molecular weight excluding hydrogens is 304 g/mol. The highest BCUT2D eigenvalue weighted by molar-refractivity contribution is 5.90. The van der Waals surface area contributed by atoms with Crippen molar-refractivity contribution < 1.29 is 19.4 Å². The van der Waals surface area contributed by atoms with E-state index in [0.717, 1.165) is 44.1 Å². The van der Waals surface area contributed by atoms with E-state index in [2.05, 4.69) is 20.8 Å². The quantitative estimate of drug-likeness (QED) is 0.787. The van der Waals surface area contributed by atoms with E-state index in [1.165, 1.54) is 0 Å². The lowest BCUT2D eigenvalue weighted by Crippen LogP contribution is -2.51. The first kappa shape index (κ1) is 17.2. The lowest BCUT2D eigenvalue weighted by atomic mass is 9.46. The number of hydrogen-bond donors (Lipinski definition) is 1. The van der Waals surface area contributed by atoms with Gasteiger partial charge in [0.25, 0.3) is 0 Å². The van der Waals surface area contributed by atoms with Crippen molar-refractivity contribution in [2.75, 3.05) is 6.61 Å². The first-order valence-electron chi connectivity index (χ1n) is 9.09. The predicted octanol–water partition coefficient (Wildman–Crippen LogP) is 4.11. The molecule has 0 amide bonds. The first-order chi connectivity index (χ1) is 11.3.